The summed E-state index contributed by atoms with van der Waals surface area (Å²) in [4.78, 5) is 29.1. The quantitative estimate of drug-likeness (QED) is 0.689. The number of aryl methyl sites for hydroxylation is 1. The fourth-order valence-electron chi connectivity index (χ4n) is 2.86. The Hall–Kier alpha value is -2.87. The van der Waals surface area contributed by atoms with Crippen molar-refractivity contribution in [2.75, 3.05) is 18.5 Å². The van der Waals surface area contributed by atoms with Crippen molar-refractivity contribution < 1.29 is 14.3 Å². The van der Waals surface area contributed by atoms with Crippen LogP contribution in [0.3, 0.4) is 0 Å². The zero-order valence-electron chi connectivity index (χ0n) is 14.3. The lowest BCUT2D eigenvalue weighted by Crippen LogP contribution is -2.23. The first-order valence-corrected chi connectivity index (χ1v) is 9.24. The fourth-order valence-corrected chi connectivity index (χ4v) is 3.28. The van der Waals surface area contributed by atoms with Gasteiger partial charge in [-0.15, -0.1) is 0 Å². The van der Waals surface area contributed by atoms with E-state index in [1.807, 2.05) is 6.07 Å². The van der Waals surface area contributed by atoms with Gasteiger partial charge >= 0.3 is 0 Å². The Balaban J connectivity index is 1.46. The topological polar surface area (TPSA) is 82.5 Å². The highest BCUT2D eigenvalue weighted by atomic mass is 79.9. The monoisotopic (exact) mass is 429 g/mol. The normalized spacial score (nSPS) is 12.8. The van der Waals surface area contributed by atoms with Gasteiger partial charge in [0.15, 0.2) is 11.5 Å². The molecule has 0 bridgehead atoms. The molecule has 1 aliphatic heterocycles. The summed E-state index contributed by atoms with van der Waals surface area (Å²) in [7, 11) is 0. The molecule has 0 radical (unpaired) electrons. The largest absolute Gasteiger partial charge is 0.486 e. The molecule has 0 saturated carbocycles. The Morgan fingerprint density at radius 1 is 1.19 bits per heavy atom. The van der Waals surface area contributed by atoms with Crippen LogP contribution in [0.25, 0.3) is 10.9 Å². The zero-order chi connectivity index (χ0) is 18.8. The number of anilines is 1. The van der Waals surface area contributed by atoms with E-state index in [9.17, 15) is 9.59 Å². The molecule has 2 heterocycles. The predicted molar refractivity (Wildman–Crippen MR) is 104 cm³/mol. The lowest BCUT2D eigenvalue weighted by molar-refractivity contribution is -0.116. The van der Waals surface area contributed by atoms with Gasteiger partial charge in [-0.05, 0) is 28.1 Å². The summed E-state index contributed by atoms with van der Waals surface area (Å²) < 4.78 is 13.2. The van der Waals surface area contributed by atoms with E-state index in [2.05, 4.69) is 26.2 Å². The molecule has 0 spiro atoms. The van der Waals surface area contributed by atoms with Crippen LogP contribution in [0.2, 0.25) is 0 Å². The van der Waals surface area contributed by atoms with Crippen molar-refractivity contribution in [3.63, 3.8) is 0 Å². The Morgan fingerprint density at radius 2 is 1.93 bits per heavy atom. The molecule has 8 heteroatoms. The highest BCUT2D eigenvalue weighted by molar-refractivity contribution is 9.10. The van der Waals surface area contributed by atoms with Crippen LogP contribution in [0.5, 0.6) is 11.5 Å². The van der Waals surface area contributed by atoms with Crippen LogP contribution in [0, 0.1) is 0 Å². The molecule has 1 aromatic heterocycles. The van der Waals surface area contributed by atoms with Gasteiger partial charge < -0.3 is 14.8 Å². The molecule has 27 heavy (non-hydrogen) atoms. The lowest BCUT2D eigenvalue weighted by Gasteiger charge is -2.20. The van der Waals surface area contributed by atoms with E-state index < -0.39 is 0 Å². The number of amides is 1. The molecule has 1 amide bonds. The number of hydrogen-bond donors (Lipinski definition) is 1. The Bertz CT molecular complexity index is 1080. The molecule has 1 aliphatic rings. The summed E-state index contributed by atoms with van der Waals surface area (Å²) in [5.74, 6) is 1.02. The summed E-state index contributed by atoms with van der Waals surface area (Å²) in [5.41, 5.74) is 1.07. The zero-order valence-corrected chi connectivity index (χ0v) is 15.9. The van der Waals surface area contributed by atoms with Crippen molar-refractivity contribution in [3.8, 4) is 11.5 Å². The van der Waals surface area contributed by atoms with Crippen LogP contribution < -0.4 is 20.3 Å². The second-order valence-electron chi connectivity index (χ2n) is 6.03. The van der Waals surface area contributed by atoms with E-state index in [-0.39, 0.29) is 24.4 Å². The number of para-hydroxylation sites is 1. The summed E-state index contributed by atoms with van der Waals surface area (Å²) in [6, 6.07) is 10.6. The first-order chi connectivity index (χ1) is 13.1. The molecule has 7 nitrogen and oxygen atoms in total. The van der Waals surface area contributed by atoms with Gasteiger partial charge in [0.1, 0.15) is 13.2 Å². The van der Waals surface area contributed by atoms with Crippen LogP contribution in [-0.2, 0) is 11.3 Å². The number of aromatic nitrogens is 2. The molecule has 3 aromatic rings. The standard InChI is InChI=1S/C19H16BrN3O4/c20-13-9-16-17(27-8-7-26-16)10-15(13)22-18(24)5-6-23-11-21-14-4-2-1-3-12(14)19(23)25/h1-4,9-11H,5-8H2,(H,22,24). The number of benzene rings is 2. The second-order valence-corrected chi connectivity index (χ2v) is 6.89. The van der Waals surface area contributed by atoms with E-state index in [1.54, 1.807) is 30.3 Å². The SMILES string of the molecule is O=C(CCn1cnc2ccccc2c1=O)Nc1cc2c(cc1Br)OCCO2. The molecular weight excluding hydrogens is 414 g/mol. The van der Waals surface area contributed by atoms with Crippen molar-refractivity contribution in [1.29, 1.82) is 0 Å². The number of nitrogens with one attached hydrogen (secondary N) is 1. The number of nitrogens with zero attached hydrogens (tertiary/aromatic N) is 2. The summed E-state index contributed by atoms with van der Waals surface area (Å²) in [6.07, 6.45) is 1.61. The van der Waals surface area contributed by atoms with Gasteiger partial charge in [0.05, 0.1) is 22.9 Å². The average Bonchev–Trinajstić information content (AvgIpc) is 2.68. The van der Waals surface area contributed by atoms with Crippen molar-refractivity contribution in [1.82, 2.24) is 9.55 Å². The molecular formula is C19H16BrN3O4. The van der Waals surface area contributed by atoms with Crippen LogP contribution in [0.1, 0.15) is 6.42 Å². The highest BCUT2D eigenvalue weighted by Crippen LogP contribution is 2.38. The van der Waals surface area contributed by atoms with Crippen molar-refractivity contribution in [2.45, 2.75) is 13.0 Å². The summed E-state index contributed by atoms with van der Waals surface area (Å²) >= 11 is 3.42. The van der Waals surface area contributed by atoms with Gasteiger partial charge in [-0.3, -0.25) is 14.2 Å². The maximum absolute atomic E-state index is 12.5. The number of carbonyl (C=O) groups is 1. The van der Waals surface area contributed by atoms with Crippen molar-refractivity contribution in [3.05, 3.63) is 57.6 Å². The van der Waals surface area contributed by atoms with Crippen LogP contribution in [0.15, 0.2) is 52.0 Å². The Kier molecular flexibility index (Phi) is 4.81. The van der Waals surface area contributed by atoms with E-state index in [0.29, 0.717) is 45.8 Å². The molecule has 138 valence electrons. The van der Waals surface area contributed by atoms with E-state index >= 15 is 0 Å². The van der Waals surface area contributed by atoms with Crippen molar-refractivity contribution >= 4 is 38.4 Å². The third-order valence-corrected chi connectivity index (χ3v) is 4.87. The van der Waals surface area contributed by atoms with Crippen LogP contribution in [0.4, 0.5) is 5.69 Å². The lowest BCUT2D eigenvalue weighted by atomic mass is 10.2. The molecule has 4 rings (SSSR count). The molecule has 1 N–H and O–H groups in total. The predicted octanol–water partition coefficient (Wildman–Crippen LogP) is 2.96. The third-order valence-electron chi connectivity index (χ3n) is 4.22. The Morgan fingerprint density at radius 3 is 2.74 bits per heavy atom. The number of carbonyl (C=O) groups excluding carboxylic acids is 1. The van der Waals surface area contributed by atoms with Crippen molar-refractivity contribution in [2.24, 2.45) is 0 Å². The summed E-state index contributed by atoms with van der Waals surface area (Å²) in [5, 5.41) is 3.37. The molecule has 0 fully saturated rings. The van der Waals surface area contributed by atoms with Gasteiger partial charge in [0.25, 0.3) is 5.56 Å². The maximum Gasteiger partial charge on any atom is 0.261 e. The highest BCUT2D eigenvalue weighted by Gasteiger charge is 2.16. The number of hydrogen-bond acceptors (Lipinski definition) is 5. The number of fused-ring (bicyclic) bond motifs is 2. The molecule has 2 aromatic carbocycles. The minimum absolute atomic E-state index is 0.140. The number of ether oxygens (including phenoxy) is 2. The molecule has 0 aliphatic carbocycles. The maximum atomic E-state index is 12.5. The van der Waals surface area contributed by atoms with Gasteiger partial charge in [-0.25, -0.2) is 4.98 Å². The second kappa shape index (κ2) is 7.40. The molecule has 0 atom stereocenters. The molecule has 0 saturated heterocycles. The first kappa shape index (κ1) is 17.5. The van der Waals surface area contributed by atoms with Crippen LogP contribution in [-0.4, -0.2) is 28.7 Å². The molecule has 0 unspecified atom stereocenters. The number of halogens is 1. The van der Waals surface area contributed by atoms with Gasteiger partial charge in [0.2, 0.25) is 5.91 Å². The minimum atomic E-state index is -0.215. The van der Waals surface area contributed by atoms with E-state index in [1.165, 1.54) is 10.9 Å². The van der Waals surface area contributed by atoms with Gasteiger partial charge in [0, 0.05) is 29.6 Å². The van der Waals surface area contributed by atoms with Gasteiger partial charge in [-0.1, -0.05) is 12.1 Å². The summed E-state index contributed by atoms with van der Waals surface area (Å²) in [6.45, 7) is 1.21. The average molecular weight is 430 g/mol. The van der Waals surface area contributed by atoms with Crippen LogP contribution >= 0.6 is 15.9 Å². The first-order valence-electron chi connectivity index (χ1n) is 8.45. The fraction of sp³-hybridized carbons (Fsp3) is 0.211. The smallest absolute Gasteiger partial charge is 0.261 e. The Labute approximate surface area is 163 Å². The minimum Gasteiger partial charge on any atom is -0.486 e. The van der Waals surface area contributed by atoms with Gasteiger partial charge in [-0.2, -0.15) is 0 Å². The third kappa shape index (κ3) is 3.66. The van der Waals surface area contributed by atoms with E-state index in [4.69, 9.17) is 9.47 Å². The number of rotatable bonds is 4. The van der Waals surface area contributed by atoms with E-state index in [0.717, 1.165) is 0 Å².